The number of benzene rings is 1. The van der Waals surface area contributed by atoms with Crippen molar-refractivity contribution in [3.63, 3.8) is 0 Å². The second kappa shape index (κ2) is 8.67. The molecule has 0 unspecified atom stereocenters. The van der Waals surface area contributed by atoms with E-state index in [2.05, 4.69) is 10.3 Å². The van der Waals surface area contributed by atoms with Crippen molar-refractivity contribution in [1.29, 1.82) is 0 Å². The highest BCUT2D eigenvalue weighted by atomic mass is 16.5. The Morgan fingerprint density at radius 2 is 2.08 bits per heavy atom. The average molecular weight is 327 g/mol. The fourth-order valence-electron chi connectivity index (χ4n) is 2.23. The van der Waals surface area contributed by atoms with Gasteiger partial charge >= 0.3 is 0 Å². The fraction of sp³-hybridized carbons (Fsp3) is 0.278. The van der Waals surface area contributed by atoms with Crippen LogP contribution in [0, 0.1) is 0 Å². The lowest BCUT2D eigenvalue weighted by atomic mass is 10.2. The van der Waals surface area contributed by atoms with E-state index in [1.807, 2.05) is 12.1 Å². The summed E-state index contributed by atoms with van der Waals surface area (Å²) in [5.41, 5.74) is 1.47. The minimum absolute atomic E-state index is 0.0468. The molecule has 2 rings (SSSR count). The van der Waals surface area contributed by atoms with Crippen LogP contribution in [0.1, 0.15) is 22.8 Å². The molecular weight excluding hydrogens is 306 g/mol. The molecule has 0 aliphatic rings. The van der Waals surface area contributed by atoms with Crippen LogP contribution in [-0.2, 0) is 11.3 Å². The van der Waals surface area contributed by atoms with Gasteiger partial charge in [0, 0.05) is 44.5 Å². The van der Waals surface area contributed by atoms with Crippen molar-refractivity contribution in [2.24, 2.45) is 0 Å². The van der Waals surface area contributed by atoms with Crippen molar-refractivity contribution in [3.05, 3.63) is 59.9 Å². The Kier molecular flexibility index (Phi) is 6.31. The van der Waals surface area contributed by atoms with E-state index in [1.165, 1.54) is 6.92 Å². The number of ether oxygens (including phenoxy) is 1. The fourth-order valence-corrected chi connectivity index (χ4v) is 2.23. The average Bonchev–Trinajstić information content (AvgIpc) is 2.61. The zero-order chi connectivity index (χ0) is 17.4. The molecule has 0 bridgehead atoms. The van der Waals surface area contributed by atoms with Gasteiger partial charge in [-0.15, -0.1) is 0 Å². The molecule has 1 aromatic heterocycles. The number of hydrogen-bond acceptors (Lipinski definition) is 4. The van der Waals surface area contributed by atoms with Gasteiger partial charge in [0.1, 0.15) is 5.75 Å². The third kappa shape index (κ3) is 5.08. The number of methoxy groups -OCH3 is 1. The second-order valence-corrected chi connectivity index (χ2v) is 5.29. The largest absolute Gasteiger partial charge is 0.497 e. The van der Waals surface area contributed by atoms with Crippen molar-refractivity contribution >= 4 is 11.8 Å². The molecule has 0 radical (unpaired) electrons. The molecule has 0 aliphatic carbocycles. The summed E-state index contributed by atoms with van der Waals surface area (Å²) < 4.78 is 5.11. The Hall–Kier alpha value is -2.89. The van der Waals surface area contributed by atoms with E-state index < -0.39 is 0 Å². The summed E-state index contributed by atoms with van der Waals surface area (Å²) >= 11 is 0. The Balaban J connectivity index is 1.88. The van der Waals surface area contributed by atoms with Crippen LogP contribution in [-0.4, -0.2) is 41.9 Å². The zero-order valence-electron chi connectivity index (χ0n) is 13.9. The molecule has 0 spiro atoms. The number of aromatic nitrogens is 1. The Morgan fingerprint density at radius 3 is 2.75 bits per heavy atom. The van der Waals surface area contributed by atoms with E-state index in [0.29, 0.717) is 30.9 Å². The Morgan fingerprint density at radius 1 is 1.25 bits per heavy atom. The lowest BCUT2D eigenvalue weighted by molar-refractivity contribution is -0.129. The molecule has 2 aromatic rings. The predicted octanol–water partition coefficient (Wildman–Crippen LogP) is 1.87. The molecule has 0 saturated heterocycles. The van der Waals surface area contributed by atoms with Crippen LogP contribution >= 0.6 is 0 Å². The summed E-state index contributed by atoms with van der Waals surface area (Å²) in [5, 5.41) is 2.82. The number of amides is 2. The van der Waals surface area contributed by atoms with Gasteiger partial charge in [-0.05, 0) is 29.8 Å². The molecule has 126 valence electrons. The van der Waals surface area contributed by atoms with Crippen molar-refractivity contribution in [2.45, 2.75) is 13.5 Å². The SMILES string of the molecule is COc1cccc(C(=O)NCCN(Cc2cccnc2)C(C)=O)c1. The number of nitrogens with one attached hydrogen (secondary N) is 1. The highest BCUT2D eigenvalue weighted by molar-refractivity contribution is 5.94. The normalized spacial score (nSPS) is 10.1. The van der Waals surface area contributed by atoms with Gasteiger partial charge in [-0.3, -0.25) is 14.6 Å². The smallest absolute Gasteiger partial charge is 0.251 e. The Labute approximate surface area is 141 Å². The predicted molar refractivity (Wildman–Crippen MR) is 90.7 cm³/mol. The van der Waals surface area contributed by atoms with Gasteiger partial charge in [0.15, 0.2) is 0 Å². The van der Waals surface area contributed by atoms with E-state index >= 15 is 0 Å². The molecule has 0 atom stereocenters. The molecule has 1 heterocycles. The maximum absolute atomic E-state index is 12.1. The highest BCUT2D eigenvalue weighted by Crippen LogP contribution is 2.12. The van der Waals surface area contributed by atoms with Crippen molar-refractivity contribution in [3.8, 4) is 5.75 Å². The molecule has 1 N–H and O–H groups in total. The molecule has 6 nitrogen and oxygen atoms in total. The molecule has 24 heavy (non-hydrogen) atoms. The number of carbonyl (C=O) groups is 2. The molecule has 1 aromatic carbocycles. The first-order valence-electron chi connectivity index (χ1n) is 7.67. The van der Waals surface area contributed by atoms with Crippen LogP contribution in [0.2, 0.25) is 0 Å². The summed E-state index contributed by atoms with van der Waals surface area (Å²) in [6, 6.07) is 10.7. The number of hydrogen-bond donors (Lipinski definition) is 1. The van der Waals surface area contributed by atoms with Gasteiger partial charge in [0.2, 0.25) is 5.91 Å². The van der Waals surface area contributed by atoms with Gasteiger partial charge in [0.05, 0.1) is 7.11 Å². The van der Waals surface area contributed by atoms with Crippen LogP contribution in [0.3, 0.4) is 0 Å². The first-order chi connectivity index (χ1) is 11.6. The van der Waals surface area contributed by atoms with Crippen molar-refractivity contribution < 1.29 is 14.3 Å². The van der Waals surface area contributed by atoms with Gasteiger partial charge in [-0.1, -0.05) is 12.1 Å². The molecule has 0 aliphatic heterocycles. The summed E-state index contributed by atoms with van der Waals surface area (Å²) in [7, 11) is 1.56. The van der Waals surface area contributed by atoms with Crippen LogP contribution in [0.4, 0.5) is 0 Å². The van der Waals surface area contributed by atoms with Gasteiger partial charge < -0.3 is 15.0 Å². The number of pyridine rings is 1. The van der Waals surface area contributed by atoms with Crippen LogP contribution in [0.25, 0.3) is 0 Å². The maximum Gasteiger partial charge on any atom is 0.251 e. The lowest BCUT2D eigenvalue weighted by Gasteiger charge is -2.21. The number of carbonyl (C=O) groups excluding carboxylic acids is 2. The van der Waals surface area contributed by atoms with Crippen LogP contribution < -0.4 is 10.1 Å². The van der Waals surface area contributed by atoms with Gasteiger partial charge in [0.25, 0.3) is 5.91 Å². The quantitative estimate of drug-likeness (QED) is 0.843. The molecule has 0 fully saturated rings. The third-order valence-electron chi connectivity index (χ3n) is 3.54. The topological polar surface area (TPSA) is 71.5 Å². The standard InChI is InChI=1S/C18H21N3O3/c1-14(22)21(13-15-5-4-8-19-12-15)10-9-20-18(23)16-6-3-7-17(11-16)24-2/h3-8,11-12H,9-10,13H2,1-2H3,(H,20,23). The summed E-state index contributed by atoms with van der Waals surface area (Å²) in [5.74, 6) is 0.387. The van der Waals surface area contributed by atoms with Crippen molar-refractivity contribution in [1.82, 2.24) is 15.2 Å². The van der Waals surface area contributed by atoms with Gasteiger partial charge in [-0.25, -0.2) is 0 Å². The minimum atomic E-state index is -0.196. The van der Waals surface area contributed by atoms with E-state index in [1.54, 1.807) is 48.7 Å². The first-order valence-corrected chi connectivity index (χ1v) is 7.67. The lowest BCUT2D eigenvalue weighted by Crippen LogP contribution is -2.37. The van der Waals surface area contributed by atoms with Crippen LogP contribution in [0.15, 0.2) is 48.8 Å². The highest BCUT2D eigenvalue weighted by Gasteiger charge is 2.11. The van der Waals surface area contributed by atoms with Gasteiger partial charge in [-0.2, -0.15) is 0 Å². The van der Waals surface area contributed by atoms with E-state index in [-0.39, 0.29) is 11.8 Å². The maximum atomic E-state index is 12.1. The molecule has 6 heteroatoms. The van der Waals surface area contributed by atoms with E-state index in [0.717, 1.165) is 5.56 Å². The minimum Gasteiger partial charge on any atom is -0.497 e. The van der Waals surface area contributed by atoms with Crippen molar-refractivity contribution in [2.75, 3.05) is 20.2 Å². The summed E-state index contributed by atoms with van der Waals surface area (Å²) in [6.07, 6.45) is 3.42. The molecule has 0 saturated carbocycles. The Bertz CT molecular complexity index is 689. The first kappa shape index (κ1) is 17.5. The van der Waals surface area contributed by atoms with E-state index in [9.17, 15) is 9.59 Å². The summed E-state index contributed by atoms with van der Waals surface area (Å²) in [6.45, 7) is 2.79. The second-order valence-electron chi connectivity index (χ2n) is 5.29. The summed E-state index contributed by atoms with van der Waals surface area (Å²) in [4.78, 5) is 29.6. The van der Waals surface area contributed by atoms with Crippen LogP contribution in [0.5, 0.6) is 5.75 Å². The molecule has 2 amide bonds. The molecular formula is C18H21N3O3. The number of nitrogens with zero attached hydrogens (tertiary/aromatic N) is 2. The monoisotopic (exact) mass is 327 g/mol. The van der Waals surface area contributed by atoms with E-state index in [4.69, 9.17) is 4.74 Å². The third-order valence-corrected chi connectivity index (χ3v) is 3.54. The number of rotatable bonds is 7. The zero-order valence-corrected chi connectivity index (χ0v) is 13.9.